The van der Waals surface area contributed by atoms with E-state index in [9.17, 15) is 19.8 Å². The molecule has 34 heavy (non-hydrogen) atoms. The Labute approximate surface area is 197 Å². The number of ether oxygens (including phenoxy) is 1. The van der Waals surface area contributed by atoms with Gasteiger partial charge in [-0.05, 0) is 56.5 Å². The Balaban J connectivity index is 1.38. The molecule has 9 heteroatoms. The fourth-order valence-corrected chi connectivity index (χ4v) is 4.04. The van der Waals surface area contributed by atoms with Gasteiger partial charge in [-0.15, -0.1) is 0 Å². The number of carboxylic acids is 2. The van der Waals surface area contributed by atoms with Crippen LogP contribution in [0.5, 0.6) is 5.75 Å². The van der Waals surface area contributed by atoms with E-state index in [1.807, 2.05) is 62.4 Å². The molecule has 0 radical (unpaired) electrons. The third-order valence-corrected chi connectivity index (χ3v) is 6.05. The van der Waals surface area contributed by atoms with Gasteiger partial charge in [0.2, 0.25) is 5.82 Å². The van der Waals surface area contributed by atoms with Crippen LogP contribution in [0.3, 0.4) is 0 Å². The molecule has 178 valence electrons. The molecule has 2 aromatic carbocycles. The van der Waals surface area contributed by atoms with Crippen LogP contribution >= 0.6 is 0 Å². The largest absolute Gasteiger partial charge is 0.491 e. The van der Waals surface area contributed by atoms with Crippen LogP contribution in [0.25, 0.3) is 22.8 Å². The summed E-state index contributed by atoms with van der Waals surface area (Å²) in [6.45, 7) is 5.38. The van der Waals surface area contributed by atoms with Gasteiger partial charge in [-0.25, -0.2) is 0 Å². The van der Waals surface area contributed by atoms with Crippen LogP contribution in [-0.4, -0.2) is 56.4 Å². The Kier molecular flexibility index (Phi) is 6.65. The summed E-state index contributed by atoms with van der Waals surface area (Å²) in [6.07, 6.45) is 0.277. The lowest BCUT2D eigenvalue weighted by molar-refractivity contribution is -0.168. The van der Waals surface area contributed by atoms with Crippen LogP contribution in [0, 0.1) is 5.41 Å². The summed E-state index contributed by atoms with van der Waals surface area (Å²) in [4.78, 5) is 29.5. The fourth-order valence-electron chi connectivity index (χ4n) is 4.04. The summed E-state index contributed by atoms with van der Waals surface area (Å²) in [6, 6.07) is 15.2. The topological polar surface area (TPSA) is 126 Å². The maximum absolute atomic E-state index is 11.5. The second kappa shape index (κ2) is 9.64. The molecule has 9 nitrogen and oxygen atoms in total. The Bertz CT molecular complexity index is 1130. The SMILES string of the molecule is CC(C)Oc1ccc(-c2nc(-c3ccc(CN4CCC(C(=O)O)(C(=O)O)CC4)cc3)no2)cc1. The normalized spacial score (nSPS) is 15.9. The molecule has 1 fully saturated rings. The monoisotopic (exact) mass is 465 g/mol. The van der Waals surface area contributed by atoms with Gasteiger partial charge in [-0.3, -0.25) is 14.5 Å². The van der Waals surface area contributed by atoms with Gasteiger partial charge in [-0.2, -0.15) is 4.98 Å². The first-order chi connectivity index (χ1) is 16.3. The van der Waals surface area contributed by atoms with Crippen molar-refractivity contribution in [1.82, 2.24) is 15.0 Å². The van der Waals surface area contributed by atoms with Crippen LogP contribution in [0.4, 0.5) is 0 Å². The molecule has 0 unspecified atom stereocenters. The molecule has 3 aromatic rings. The highest BCUT2D eigenvalue weighted by Crippen LogP contribution is 2.33. The lowest BCUT2D eigenvalue weighted by Gasteiger charge is -2.36. The van der Waals surface area contributed by atoms with Gasteiger partial charge in [0.1, 0.15) is 5.75 Å². The van der Waals surface area contributed by atoms with Crippen molar-refractivity contribution in [3.8, 4) is 28.6 Å². The second-order valence-corrected chi connectivity index (χ2v) is 8.78. The molecule has 1 aliphatic heterocycles. The lowest BCUT2D eigenvalue weighted by atomic mass is 9.78. The zero-order valence-electron chi connectivity index (χ0n) is 19.1. The first kappa shape index (κ1) is 23.4. The number of likely N-dealkylation sites (tertiary alicyclic amines) is 1. The van der Waals surface area contributed by atoms with Crippen molar-refractivity contribution >= 4 is 11.9 Å². The van der Waals surface area contributed by atoms with Crippen LogP contribution in [0.2, 0.25) is 0 Å². The molecule has 0 saturated carbocycles. The smallest absolute Gasteiger partial charge is 0.321 e. The lowest BCUT2D eigenvalue weighted by Crippen LogP contribution is -2.48. The molecular weight excluding hydrogens is 438 g/mol. The summed E-state index contributed by atoms with van der Waals surface area (Å²) in [5, 5.41) is 22.8. The number of hydrogen-bond donors (Lipinski definition) is 2. The van der Waals surface area contributed by atoms with Crippen molar-refractivity contribution < 1.29 is 29.1 Å². The molecule has 4 rings (SSSR count). The van der Waals surface area contributed by atoms with E-state index in [0.29, 0.717) is 31.3 Å². The summed E-state index contributed by atoms with van der Waals surface area (Å²) in [5.41, 5.74) is 0.966. The predicted molar refractivity (Wildman–Crippen MR) is 123 cm³/mol. The van der Waals surface area contributed by atoms with E-state index in [1.54, 1.807) is 0 Å². The van der Waals surface area contributed by atoms with E-state index < -0.39 is 17.4 Å². The fraction of sp³-hybridized carbons (Fsp3) is 0.360. The van der Waals surface area contributed by atoms with Crippen molar-refractivity contribution in [2.45, 2.75) is 39.3 Å². The minimum absolute atomic E-state index is 0.0892. The molecule has 1 aromatic heterocycles. The standard InChI is InChI=1S/C25H27N3O6/c1-16(2)33-20-9-7-19(8-10-20)22-26-21(27-34-22)18-5-3-17(4-6-18)15-28-13-11-25(12-14-28,23(29)30)24(31)32/h3-10,16H,11-15H2,1-2H3,(H,29,30)(H,31,32). The number of aliphatic carboxylic acids is 2. The number of piperidine rings is 1. The number of carboxylic acid groups (broad SMARTS) is 2. The Morgan fingerprint density at radius 3 is 2.15 bits per heavy atom. The van der Waals surface area contributed by atoms with Crippen molar-refractivity contribution in [2.24, 2.45) is 5.41 Å². The Morgan fingerprint density at radius 1 is 1.00 bits per heavy atom. The summed E-state index contributed by atoms with van der Waals surface area (Å²) in [7, 11) is 0. The highest BCUT2D eigenvalue weighted by atomic mass is 16.5. The Hall–Kier alpha value is -3.72. The molecule has 1 aliphatic rings. The van der Waals surface area contributed by atoms with E-state index in [4.69, 9.17) is 9.26 Å². The molecule has 0 bridgehead atoms. The van der Waals surface area contributed by atoms with Gasteiger partial charge in [0.25, 0.3) is 5.89 Å². The first-order valence-electron chi connectivity index (χ1n) is 11.2. The number of carbonyl (C=O) groups is 2. The summed E-state index contributed by atoms with van der Waals surface area (Å²) in [5.74, 6) is -0.843. The van der Waals surface area contributed by atoms with Crippen LogP contribution in [0.1, 0.15) is 32.3 Å². The minimum atomic E-state index is -1.68. The molecule has 0 aliphatic carbocycles. The molecule has 1 saturated heterocycles. The number of benzene rings is 2. The van der Waals surface area contributed by atoms with Crippen LogP contribution in [0.15, 0.2) is 53.1 Å². The van der Waals surface area contributed by atoms with Gasteiger partial charge < -0.3 is 19.5 Å². The summed E-state index contributed by atoms with van der Waals surface area (Å²) >= 11 is 0. The van der Waals surface area contributed by atoms with Crippen molar-refractivity contribution in [3.05, 3.63) is 54.1 Å². The van der Waals surface area contributed by atoms with E-state index in [2.05, 4.69) is 15.0 Å². The first-order valence-corrected chi connectivity index (χ1v) is 11.2. The van der Waals surface area contributed by atoms with Gasteiger partial charge in [-0.1, -0.05) is 29.4 Å². The minimum Gasteiger partial charge on any atom is -0.491 e. The quantitative estimate of drug-likeness (QED) is 0.476. The highest BCUT2D eigenvalue weighted by molar-refractivity contribution is 5.98. The average molecular weight is 466 g/mol. The highest BCUT2D eigenvalue weighted by Gasteiger charge is 2.48. The molecule has 0 atom stereocenters. The van der Waals surface area contributed by atoms with E-state index in [0.717, 1.165) is 22.4 Å². The third-order valence-electron chi connectivity index (χ3n) is 6.05. The van der Waals surface area contributed by atoms with Gasteiger partial charge in [0.05, 0.1) is 6.10 Å². The van der Waals surface area contributed by atoms with Gasteiger partial charge >= 0.3 is 11.9 Å². The maximum Gasteiger partial charge on any atom is 0.321 e. The number of hydrogen-bond acceptors (Lipinski definition) is 7. The maximum atomic E-state index is 11.5. The van der Waals surface area contributed by atoms with E-state index in [1.165, 1.54) is 0 Å². The zero-order valence-corrected chi connectivity index (χ0v) is 19.1. The third kappa shape index (κ3) is 4.94. The number of rotatable bonds is 8. The van der Waals surface area contributed by atoms with Crippen molar-refractivity contribution in [3.63, 3.8) is 0 Å². The van der Waals surface area contributed by atoms with Crippen LogP contribution < -0.4 is 4.74 Å². The zero-order chi connectivity index (χ0) is 24.3. The van der Waals surface area contributed by atoms with Gasteiger partial charge in [0, 0.05) is 30.8 Å². The number of nitrogens with zero attached hydrogens (tertiary/aromatic N) is 3. The van der Waals surface area contributed by atoms with E-state index >= 15 is 0 Å². The molecule has 2 heterocycles. The van der Waals surface area contributed by atoms with Crippen molar-refractivity contribution in [2.75, 3.05) is 13.1 Å². The second-order valence-electron chi connectivity index (χ2n) is 8.78. The average Bonchev–Trinajstić information content (AvgIpc) is 3.30. The van der Waals surface area contributed by atoms with Gasteiger partial charge in [0.15, 0.2) is 5.41 Å². The Morgan fingerprint density at radius 2 is 1.59 bits per heavy atom. The molecule has 2 N–H and O–H groups in total. The predicted octanol–water partition coefficient (Wildman–Crippen LogP) is 3.94. The van der Waals surface area contributed by atoms with Crippen LogP contribution in [-0.2, 0) is 16.1 Å². The summed E-state index contributed by atoms with van der Waals surface area (Å²) < 4.78 is 11.1. The van der Waals surface area contributed by atoms with E-state index in [-0.39, 0.29) is 18.9 Å². The molecule has 0 amide bonds. The molecule has 0 spiro atoms. The number of aromatic nitrogens is 2. The van der Waals surface area contributed by atoms with Crippen molar-refractivity contribution in [1.29, 1.82) is 0 Å². The molecular formula is C25H27N3O6.